The molecule has 1 N–H and O–H groups in total. The van der Waals surface area contributed by atoms with E-state index in [2.05, 4.69) is 25.3 Å². The van der Waals surface area contributed by atoms with Gasteiger partial charge in [0, 0.05) is 32.1 Å². The van der Waals surface area contributed by atoms with E-state index in [4.69, 9.17) is 4.74 Å². The number of hydrogen-bond donors (Lipinski definition) is 1. The number of nitrogens with zero attached hydrogens (tertiary/aromatic N) is 5. The predicted molar refractivity (Wildman–Crippen MR) is 73.0 cm³/mol. The average Bonchev–Trinajstić information content (AvgIpc) is 2.41. The van der Waals surface area contributed by atoms with Crippen molar-refractivity contribution in [2.24, 2.45) is 0 Å². The Bertz CT molecular complexity index is 572. The van der Waals surface area contributed by atoms with Crippen LogP contribution >= 0.6 is 0 Å². The van der Waals surface area contributed by atoms with E-state index in [1.54, 1.807) is 18.5 Å². The zero-order valence-electron chi connectivity index (χ0n) is 11.4. The SMILES string of the molecule is COc1nccc(Nc2ncc(C)c(N(C)C)n2)n1. The van der Waals surface area contributed by atoms with E-state index in [0.717, 1.165) is 11.4 Å². The molecule has 2 heterocycles. The Morgan fingerprint density at radius 3 is 2.68 bits per heavy atom. The van der Waals surface area contributed by atoms with Crippen LogP contribution in [-0.2, 0) is 0 Å². The molecule has 0 saturated heterocycles. The Hall–Kier alpha value is -2.44. The van der Waals surface area contributed by atoms with Gasteiger partial charge >= 0.3 is 6.01 Å². The lowest BCUT2D eigenvalue weighted by Crippen LogP contribution is -2.14. The molecule has 0 spiro atoms. The van der Waals surface area contributed by atoms with Gasteiger partial charge < -0.3 is 15.0 Å². The van der Waals surface area contributed by atoms with Crippen LogP contribution in [0.4, 0.5) is 17.6 Å². The van der Waals surface area contributed by atoms with Crippen LogP contribution in [0.15, 0.2) is 18.5 Å². The Labute approximate surface area is 111 Å². The van der Waals surface area contributed by atoms with Crippen LogP contribution in [0, 0.1) is 6.92 Å². The Balaban J connectivity index is 2.25. The first-order chi connectivity index (χ1) is 9.10. The van der Waals surface area contributed by atoms with Crippen LogP contribution in [-0.4, -0.2) is 41.1 Å². The second-order valence-corrected chi connectivity index (χ2v) is 4.15. The van der Waals surface area contributed by atoms with Gasteiger partial charge in [-0.25, -0.2) is 9.97 Å². The van der Waals surface area contributed by atoms with Crippen LogP contribution in [0.3, 0.4) is 0 Å². The van der Waals surface area contributed by atoms with Gasteiger partial charge in [0.15, 0.2) is 0 Å². The number of nitrogens with one attached hydrogen (secondary N) is 1. The van der Waals surface area contributed by atoms with Gasteiger partial charge in [0.05, 0.1) is 7.11 Å². The summed E-state index contributed by atoms with van der Waals surface area (Å²) in [5.74, 6) is 1.92. The van der Waals surface area contributed by atoms with Crippen molar-refractivity contribution in [1.82, 2.24) is 19.9 Å². The van der Waals surface area contributed by atoms with Crippen molar-refractivity contribution in [3.63, 3.8) is 0 Å². The summed E-state index contributed by atoms with van der Waals surface area (Å²) in [6.07, 6.45) is 3.37. The number of aromatic nitrogens is 4. The molecule has 0 atom stereocenters. The van der Waals surface area contributed by atoms with Crippen molar-refractivity contribution in [3.8, 4) is 6.01 Å². The topological polar surface area (TPSA) is 76.1 Å². The number of hydrogen-bond acceptors (Lipinski definition) is 7. The van der Waals surface area contributed by atoms with Crippen LogP contribution in [0.2, 0.25) is 0 Å². The molecular formula is C12H16N6O. The van der Waals surface area contributed by atoms with E-state index in [9.17, 15) is 0 Å². The Kier molecular flexibility index (Phi) is 3.74. The second-order valence-electron chi connectivity index (χ2n) is 4.15. The van der Waals surface area contributed by atoms with Crippen molar-refractivity contribution in [2.75, 3.05) is 31.4 Å². The first-order valence-corrected chi connectivity index (χ1v) is 5.75. The maximum Gasteiger partial charge on any atom is 0.318 e. The monoisotopic (exact) mass is 260 g/mol. The molecule has 7 heteroatoms. The maximum atomic E-state index is 4.96. The molecule has 0 bridgehead atoms. The number of aryl methyl sites for hydroxylation is 1. The Morgan fingerprint density at radius 1 is 1.21 bits per heavy atom. The van der Waals surface area contributed by atoms with E-state index in [1.165, 1.54) is 7.11 Å². The molecule has 0 radical (unpaired) electrons. The van der Waals surface area contributed by atoms with Crippen molar-refractivity contribution in [1.29, 1.82) is 0 Å². The van der Waals surface area contributed by atoms with Gasteiger partial charge in [-0.1, -0.05) is 0 Å². The Morgan fingerprint density at radius 2 is 2.00 bits per heavy atom. The largest absolute Gasteiger partial charge is 0.467 e. The number of rotatable bonds is 4. The lowest BCUT2D eigenvalue weighted by Gasteiger charge is -2.15. The van der Waals surface area contributed by atoms with Crippen LogP contribution < -0.4 is 15.0 Å². The van der Waals surface area contributed by atoms with Gasteiger partial charge in [0.2, 0.25) is 5.95 Å². The minimum absolute atomic E-state index is 0.296. The highest BCUT2D eigenvalue weighted by molar-refractivity contribution is 5.53. The minimum atomic E-state index is 0.296. The molecule has 0 aromatic carbocycles. The molecule has 0 unspecified atom stereocenters. The van der Waals surface area contributed by atoms with E-state index in [-0.39, 0.29) is 0 Å². The van der Waals surface area contributed by atoms with Gasteiger partial charge in [-0.3, -0.25) is 0 Å². The molecule has 0 aliphatic heterocycles. The highest BCUT2D eigenvalue weighted by atomic mass is 16.5. The third-order valence-corrected chi connectivity index (χ3v) is 2.42. The highest BCUT2D eigenvalue weighted by Crippen LogP contribution is 2.18. The molecule has 0 saturated carbocycles. The lowest BCUT2D eigenvalue weighted by atomic mass is 10.3. The lowest BCUT2D eigenvalue weighted by molar-refractivity contribution is 0.380. The summed E-state index contributed by atoms with van der Waals surface area (Å²) in [6, 6.07) is 2.02. The van der Waals surface area contributed by atoms with E-state index in [0.29, 0.717) is 17.8 Å². The highest BCUT2D eigenvalue weighted by Gasteiger charge is 2.07. The molecule has 7 nitrogen and oxygen atoms in total. The number of methoxy groups -OCH3 is 1. The van der Waals surface area contributed by atoms with Crippen LogP contribution in [0.5, 0.6) is 6.01 Å². The van der Waals surface area contributed by atoms with Crippen molar-refractivity contribution >= 4 is 17.6 Å². The standard InChI is InChI=1S/C12H16N6O/c1-8-7-14-11(17-10(8)18(2)3)15-9-5-6-13-12(16-9)19-4/h5-7H,1-4H3,(H,13,14,15,16,17). The van der Waals surface area contributed by atoms with Gasteiger partial charge in [-0.05, 0) is 13.0 Å². The molecule has 0 fully saturated rings. The fourth-order valence-electron chi connectivity index (χ4n) is 1.57. The number of anilines is 3. The normalized spacial score (nSPS) is 10.1. The third kappa shape index (κ3) is 3.06. The van der Waals surface area contributed by atoms with Gasteiger partial charge in [0.1, 0.15) is 11.6 Å². The van der Waals surface area contributed by atoms with Gasteiger partial charge in [-0.2, -0.15) is 9.97 Å². The van der Waals surface area contributed by atoms with Crippen molar-refractivity contribution < 1.29 is 4.74 Å². The summed E-state index contributed by atoms with van der Waals surface area (Å²) in [5.41, 5.74) is 1.01. The summed E-state index contributed by atoms with van der Waals surface area (Å²) < 4.78 is 4.96. The summed E-state index contributed by atoms with van der Waals surface area (Å²) in [5, 5.41) is 3.02. The fourth-order valence-corrected chi connectivity index (χ4v) is 1.57. The second kappa shape index (κ2) is 5.47. The van der Waals surface area contributed by atoms with Crippen LogP contribution in [0.1, 0.15) is 5.56 Å². The zero-order chi connectivity index (χ0) is 13.8. The molecule has 100 valence electrons. The molecule has 19 heavy (non-hydrogen) atoms. The summed E-state index contributed by atoms with van der Waals surface area (Å²) in [6.45, 7) is 1.97. The van der Waals surface area contributed by atoms with Gasteiger partial charge in [0.25, 0.3) is 0 Å². The fraction of sp³-hybridized carbons (Fsp3) is 0.333. The molecule has 2 rings (SSSR count). The molecule has 2 aromatic rings. The van der Waals surface area contributed by atoms with Crippen molar-refractivity contribution in [2.45, 2.75) is 6.92 Å². The molecule has 0 amide bonds. The molecule has 0 aliphatic rings. The van der Waals surface area contributed by atoms with E-state index in [1.807, 2.05) is 25.9 Å². The molecule has 0 aliphatic carbocycles. The minimum Gasteiger partial charge on any atom is -0.467 e. The van der Waals surface area contributed by atoms with E-state index < -0.39 is 0 Å². The molecular weight excluding hydrogens is 244 g/mol. The summed E-state index contributed by atoms with van der Waals surface area (Å²) in [7, 11) is 5.39. The zero-order valence-corrected chi connectivity index (χ0v) is 11.4. The predicted octanol–water partition coefficient (Wildman–Crippen LogP) is 1.39. The maximum absolute atomic E-state index is 4.96. The third-order valence-electron chi connectivity index (χ3n) is 2.42. The van der Waals surface area contributed by atoms with E-state index >= 15 is 0 Å². The summed E-state index contributed by atoms with van der Waals surface area (Å²) in [4.78, 5) is 18.7. The quantitative estimate of drug-likeness (QED) is 0.890. The smallest absolute Gasteiger partial charge is 0.318 e. The average molecular weight is 260 g/mol. The van der Waals surface area contributed by atoms with Crippen molar-refractivity contribution in [3.05, 3.63) is 24.0 Å². The first-order valence-electron chi connectivity index (χ1n) is 5.75. The van der Waals surface area contributed by atoms with Crippen LogP contribution in [0.25, 0.3) is 0 Å². The van der Waals surface area contributed by atoms with Gasteiger partial charge in [-0.15, -0.1) is 0 Å². The first kappa shape index (κ1) is 13.0. The number of ether oxygens (including phenoxy) is 1. The summed E-state index contributed by atoms with van der Waals surface area (Å²) >= 11 is 0. The molecule has 2 aromatic heterocycles.